The van der Waals surface area contributed by atoms with Gasteiger partial charge in [-0.25, -0.2) is 0 Å². The van der Waals surface area contributed by atoms with Gasteiger partial charge in [-0.15, -0.1) is 0 Å². The molecule has 0 radical (unpaired) electrons. The first-order valence-corrected chi connectivity index (χ1v) is 6.43. The molecule has 0 aliphatic heterocycles. The van der Waals surface area contributed by atoms with E-state index in [0.29, 0.717) is 11.6 Å². The summed E-state index contributed by atoms with van der Waals surface area (Å²) in [5, 5.41) is 0. The number of thiocarbonyl (C=S) groups is 1. The lowest BCUT2D eigenvalue weighted by Gasteiger charge is -2.22. The highest BCUT2D eigenvalue weighted by molar-refractivity contribution is 7.80. The molecule has 0 bridgehead atoms. The van der Waals surface area contributed by atoms with Crippen LogP contribution >= 0.6 is 12.2 Å². The Morgan fingerprint density at radius 1 is 1.33 bits per heavy atom. The van der Waals surface area contributed by atoms with Crippen molar-refractivity contribution in [2.75, 3.05) is 13.7 Å². The zero-order valence-electron chi connectivity index (χ0n) is 11.2. The molecule has 0 aliphatic carbocycles. The maximum absolute atomic E-state index is 5.68. The molecule has 0 aliphatic rings. The molecule has 0 amide bonds. The van der Waals surface area contributed by atoms with Crippen molar-refractivity contribution in [2.24, 2.45) is 11.1 Å². The first kappa shape index (κ1) is 14.8. The van der Waals surface area contributed by atoms with E-state index in [0.717, 1.165) is 24.3 Å². The third-order valence-electron chi connectivity index (χ3n) is 2.92. The average molecular weight is 267 g/mol. The summed E-state index contributed by atoms with van der Waals surface area (Å²) < 4.78 is 10.8. The number of hydrogen-bond acceptors (Lipinski definition) is 3. The second-order valence-electron chi connectivity index (χ2n) is 4.88. The van der Waals surface area contributed by atoms with Gasteiger partial charge in [0, 0.05) is 11.5 Å². The van der Waals surface area contributed by atoms with Crippen LogP contribution in [0.1, 0.15) is 26.7 Å². The van der Waals surface area contributed by atoms with Crippen molar-refractivity contribution in [3.63, 3.8) is 0 Å². The Hall–Kier alpha value is -1.29. The molecular formula is C14H21NO2S. The Balaban J connectivity index is 2.36. The van der Waals surface area contributed by atoms with Gasteiger partial charge in [0.15, 0.2) is 0 Å². The van der Waals surface area contributed by atoms with E-state index >= 15 is 0 Å². The summed E-state index contributed by atoms with van der Waals surface area (Å²) >= 11 is 5.03. The van der Waals surface area contributed by atoms with Crippen LogP contribution in [0.5, 0.6) is 11.5 Å². The molecule has 0 fully saturated rings. The number of methoxy groups -OCH3 is 1. The first-order valence-electron chi connectivity index (χ1n) is 6.02. The fraction of sp³-hybridized carbons (Fsp3) is 0.500. The summed E-state index contributed by atoms with van der Waals surface area (Å²) in [7, 11) is 1.64. The van der Waals surface area contributed by atoms with Gasteiger partial charge in [0.2, 0.25) is 0 Å². The van der Waals surface area contributed by atoms with Gasteiger partial charge in [-0.1, -0.05) is 32.1 Å². The second-order valence-corrected chi connectivity index (χ2v) is 5.32. The molecule has 0 spiro atoms. The van der Waals surface area contributed by atoms with Crippen molar-refractivity contribution in [1.29, 1.82) is 0 Å². The molecule has 1 aromatic carbocycles. The molecule has 0 saturated heterocycles. The van der Waals surface area contributed by atoms with Crippen LogP contribution in [-0.2, 0) is 0 Å². The number of benzene rings is 1. The first-order chi connectivity index (χ1) is 8.45. The highest BCUT2D eigenvalue weighted by Crippen LogP contribution is 2.23. The zero-order valence-corrected chi connectivity index (χ0v) is 12.0. The van der Waals surface area contributed by atoms with Crippen LogP contribution in [0.25, 0.3) is 0 Å². The smallest absolute Gasteiger partial charge is 0.122 e. The highest BCUT2D eigenvalue weighted by atomic mass is 32.1. The average Bonchev–Trinajstić information content (AvgIpc) is 2.35. The van der Waals surface area contributed by atoms with Gasteiger partial charge in [-0.3, -0.25) is 0 Å². The molecule has 0 atom stereocenters. The Morgan fingerprint density at radius 3 is 2.61 bits per heavy atom. The third kappa shape index (κ3) is 4.53. The van der Waals surface area contributed by atoms with Crippen molar-refractivity contribution < 1.29 is 9.47 Å². The molecule has 1 rings (SSSR count). The SMILES string of the molecule is COc1cccc(OCCCC(C)(C)C(N)=S)c1. The molecule has 0 unspecified atom stereocenters. The lowest BCUT2D eigenvalue weighted by molar-refractivity contribution is 0.286. The van der Waals surface area contributed by atoms with Crippen LogP contribution in [0.15, 0.2) is 24.3 Å². The zero-order chi connectivity index (χ0) is 13.6. The van der Waals surface area contributed by atoms with Crippen molar-refractivity contribution in [3.8, 4) is 11.5 Å². The van der Waals surface area contributed by atoms with Crippen molar-refractivity contribution in [1.82, 2.24) is 0 Å². The molecule has 0 heterocycles. The molecule has 3 nitrogen and oxygen atoms in total. The molecule has 0 saturated carbocycles. The van der Waals surface area contributed by atoms with E-state index in [1.807, 2.05) is 24.3 Å². The fourth-order valence-corrected chi connectivity index (χ4v) is 1.62. The standard InChI is InChI=1S/C14H21NO2S/c1-14(2,13(15)18)8-5-9-17-12-7-4-6-11(10-12)16-3/h4,6-7,10H,5,8-9H2,1-3H3,(H2,15,18). The summed E-state index contributed by atoms with van der Waals surface area (Å²) in [5.41, 5.74) is 5.57. The van der Waals surface area contributed by atoms with Crippen LogP contribution in [0.2, 0.25) is 0 Å². The van der Waals surface area contributed by atoms with E-state index < -0.39 is 0 Å². The van der Waals surface area contributed by atoms with Gasteiger partial charge in [0.1, 0.15) is 11.5 Å². The van der Waals surface area contributed by atoms with E-state index in [2.05, 4.69) is 13.8 Å². The number of ether oxygens (including phenoxy) is 2. The van der Waals surface area contributed by atoms with E-state index in [1.165, 1.54) is 0 Å². The van der Waals surface area contributed by atoms with Gasteiger partial charge < -0.3 is 15.2 Å². The molecule has 0 aromatic heterocycles. The minimum atomic E-state index is -0.104. The summed E-state index contributed by atoms with van der Waals surface area (Å²) in [6.45, 7) is 4.76. The summed E-state index contributed by atoms with van der Waals surface area (Å²) in [6, 6.07) is 7.59. The quantitative estimate of drug-likeness (QED) is 0.609. The summed E-state index contributed by atoms with van der Waals surface area (Å²) in [6.07, 6.45) is 1.84. The van der Waals surface area contributed by atoms with Crippen molar-refractivity contribution >= 4 is 17.2 Å². The molecule has 100 valence electrons. The van der Waals surface area contributed by atoms with Gasteiger partial charge >= 0.3 is 0 Å². The summed E-state index contributed by atoms with van der Waals surface area (Å²) in [4.78, 5) is 0.559. The Morgan fingerprint density at radius 2 is 2.00 bits per heavy atom. The number of nitrogens with two attached hydrogens (primary N) is 1. The maximum atomic E-state index is 5.68. The predicted octanol–water partition coefficient (Wildman–Crippen LogP) is 3.17. The summed E-state index contributed by atoms with van der Waals surface area (Å²) in [5.74, 6) is 1.62. The van der Waals surface area contributed by atoms with E-state index in [4.69, 9.17) is 27.4 Å². The van der Waals surface area contributed by atoms with E-state index in [1.54, 1.807) is 7.11 Å². The monoisotopic (exact) mass is 267 g/mol. The van der Waals surface area contributed by atoms with E-state index in [-0.39, 0.29) is 5.41 Å². The van der Waals surface area contributed by atoms with Crippen LogP contribution < -0.4 is 15.2 Å². The predicted molar refractivity (Wildman–Crippen MR) is 78.3 cm³/mol. The lowest BCUT2D eigenvalue weighted by atomic mass is 9.88. The fourth-order valence-electron chi connectivity index (χ4n) is 1.52. The molecular weight excluding hydrogens is 246 g/mol. The molecule has 1 aromatic rings. The van der Waals surface area contributed by atoms with Crippen molar-refractivity contribution in [2.45, 2.75) is 26.7 Å². The number of rotatable bonds is 7. The topological polar surface area (TPSA) is 44.5 Å². The lowest BCUT2D eigenvalue weighted by Crippen LogP contribution is -2.30. The van der Waals surface area contributed by atoms with Gasteiger partial charge in [0.25, 0.3) is 0 Å². The Bertz CT molecular complexity index is 405. The Labute approximate surface area is 114 Å². The molecule has 4 heteroatoms. The normalized spacial score (nSPS) is 11.1. The van der Waals surface area contributed by atoms with E-state index in [9.17, 15) is 0 Å². The van der Waals surface area contributed by atoms with Gasteiger partial charge in [-0.2, -0.15) is 0 Å². The highest BCUT2D eigenvalue weighted by Gasteiger charge is 2.20. The van der Waals surface area contributed by atoms with Gasteiger partial charge in [-0.05, 0) is 25.0 Å². The third-order valence-corrected chi connectivity index (χ3v) is 3.48. The minimum absolute atomic E-state index is 0.104. The van der Waals surface area contributed by atoms with Crippen LogP contribution in [-0.4, -0.2) is 18.7 Å². The second kappa shape index (κ2) is 6.59. The minimum Gasteiger partial charge on any atom is -0.497 e. The van der Waals surface area contributed by atoms with Crippen LogP contribution in [0.3, 0.4) is 0 Å². The van der Waals surface area contributed by atoms with Crippen LogP contribution in [0, 0.1) is 5.41 Å². The van der Waals surface area contributed by atoms with Crippen molar-refractivity contribution in [3.05, 3.63) is 24.3 Å². The Kier molecular flexibility index (Phi) is 5.41. The van der Waals surface area contributed by atoms with Crippen LogP contribution in [0.4, 0.5) is 0 Å². The molecule has 2 N–H and O–H groups in total. The van der Waals surface area contributed by atoms with Gasteiger partial charge in [0.05, 0.1) is 18.7 Å². The maximum Gasteiger partial charge on any atom is 0.122 e. The largest absolute Gasteiger partial charge is 0.497 e. The number of hydrogen-bond donors (Lipinski definition) is 1. The molecule has 18 heavy (non-hydrogen) atoms.